The van der Waals surface area contributed by atoms with Crippen LogP contribution < -0.4 is 15.0 Å². The maximum atomic E-state index is 12.1. The number of piperazine rings is 1. The lowest BCUT2D eigenvalue weighted by atomic mass is 10.2. The fraction of sp³-hybridized carbons (Fsp3) is 0.333. The Labute approximate surface area is 201 Å². The van der Waals surface area contributed by atoms with E-state index in [1.807, 2.05) is 6.07 Å². The molecule has 0 atom stereocenters. The molecular weight excluding hydrogens is 454 g/mol. The Balaban J connectivity index is 1.22. The van der Waals surface area contributed by atoms with Crippen molar-refractivity contribution in [1.29, 1.82) is 0 Å². The molecule has 1 amide bonds. The van der Waals surface area contributed by atoms with Gasteiger partial charge in [-0.05, 0) is 42.3 Å². The van der Waals surface area contributed by atoms with Crippen molar-refractivity contribution >= 4 is 44.4 Å². The quantitative estimate of drug-likeness (QED) is 0.299. The Bertz CT molecular complexity index is 1200. The number of nitrogens with zero attached hydrogens (tertiary/aromatic N) is 4. The third-order valence-electron chi connectivity index (χ3n) is 5.81. The minimum atomic E-state index is -0.447. The molecule has 0 spiro atoms. The second-order valence-corrected chi connectivity index (χ2v) is 9.04. The summed E-state index contributed by atoms with van der Waals surface area (Å²) in [6, 6.07) is 10.1. The van der Waals surface area contributed by atoms with Crippen LogP contribution in [0.4, 0.5) is 10.8 Å². The SMILES string of the molecule is COc1ccc(C)c2sc(N3CCN(CCNC(=O)/C=C\c4ccc([N+](=O)[O-])cc4)CC3)nc12. The third-order valence-corrected chi connectivity index (χ3v) is 7.06. The first-order valence-corrected chi connectivity index (χ1v) is 11.9. The topological polar surface area (TPSA) is 101 Å². The Morgan fingerprint density at radius 2 is 1.94 bits per heavy atom. The summed E-state index contributed by atoms with van der Waals surface area (Å²) >= 11 is 1.71. The summed E-state index contributed by atoms with van der Waals surface area (Å²) in [5.74, 6) is 0.621. The van der Waals surface area contributed by atoms with Crippen LogP contribution in [0.5, 0.6) is 5.75 Å². The molecule has 9 nitrogen and oxygen atoms in total. The van der Waals surface area contributed by atoms with Crippen LogP contribution >= 0.6 is 11.3 Å². The number of aromatic nitrogens is 1. The molecule has 1 N–H and O–H groups in total. The molecule has 0 radical (unpaired) electrons. The molecule has 10 heteroatoms. The van der Waals surface area contributed by atoms with E-state index in [4.69, 9.17) is 9.72 Å². The van der Waals surface area contributed by atoms with Gasteiger partial charge in [-0.25, -0.2) is 4.98 Å². The number of nitro benzene ring substituents is 1. The van der Waals surface area contributed by atoms with Gasteiger partial charge < -0.3 is 15.0 Å². The Kier molecular flexibility index (Phi) is 7.39. The van der Waals surface area contributed by atoms with Gasteiger partial charge in [-0.15, -0.1) is 0 Å². The number of non-ortho nitro benzene ring substituents is 1. The molecule has 1 aliphatic rings. The number of thiazole rings is 1. The number of nitrogens with one attached hydrogen (secondary N) is 1. The van der Waals surface area contributed by atoms with Crippen LogP contribution in [-0.4, -0.2) is 67.1 Å². The summed E-state index contributed by atoms with van der Waals surface area (Å²) in [6.07, 6.45) is 3.09. The van der Waals surface area contributed by atoms with Gasteiger partial charge in [0.05, 0.1) is 16.7 Å². The number of carbonyl (C=O) groups is 1. The van der Waals surface area contributed by atoms with Gasteiger partial charge in [0.1, 0.15) is 11.3 Å². The van der Waals surface area contributed by atoms with Gasteiger partial charge >= 0.3 is 0 Å². The Hall–Kier alpha value is -3.50. The van der Waals surface area contributed by atoms with Gasteiger partial charge in [-0.3, -0.25) is 19.8 Å². The number of amides is 1. The lowest BCUT2D eigenvalue weighted by molar-refractivity contribution is -0.384. The van der Waals surface area contributed by atoms with E-state index in [-0.39, 0.29) is 11.6 Å². The highest BCUT2D eigenvalue weighted by Crippen LogP contribution is 2.36. The van der Waals surface area contributed by atoms with Crippen molar-refractivity contribution in [2.24, 2.45) is 0 Å². The first-order chi connectivity index (χ1) is 16.4. The average molecular weight is 482 g/mol. The normalized spacial score (nSPS) is 14.6. The molecule has 1 aliphatic heterocycles. The minimum absolute atomic E-state index is 0.0275. The number of aryl methyl sites for hydroxylation is 1. The highest BCUT2D eigenvalue weighted by atomic mass is 32.1. The molecule has 3 aromatic rings. The van der Waals surface area contributed by atoms with Gasteiger partial charge in [0.15, 0.2) is 5.13 Å². The molecular formula is C24H27N5O4S. The molecule has 0 unspecified atom stereocenters. The number of hydrogen-bond acceptors (Lipinski definition) is 8. The molecule has 0 bridgehead atoms. The second-order valence-electron chi connectivity index (χ2n) is 8.06. The predicted octanol–water partition coefficient (Wildman–Crippen LogP) is 3.47. The molecule has 34 heavy (non-hydrogen) atoms. The van der Waals surface area contributed by atoms with Crippen LogP contribution in [0.1, 0.15) is 11.1 Å². The number of hydrogen-bond donors (Lipinski definition) is 1. The fourth-order valence-corrected chi connectivity index (χ4v) is 4.94. The van der Waals surface area contributed by atoms with Crippen molar-refractivity contribution in [1.82, 2.24) is 15.2 Å². The largest absolute Gasteiger partial charge is 0.494 e. The molecule has 4 rings (SSSR count). The summed E-state index contributed by atoms with van der Waals surface area (Å²) in [5.41, 5.74) is 2.89. The van der Waals surface area contributed by atoms with Crippen LogP contribution in [0.3, 0.4) is 0 Å². The molecule has 2 aromatic carbocycles. The third kappa shape index (κ3) is 5.52. The molecule has 1 saturated heterocycles. The number of anilines is 1. The van der Waals surface area contributed by atoms with Crippen LogP contribution in [-0.2, 0) is 4.79 Å². The Morgan fingerprint density at radius 3 is 2.62 bits per heavy atom. The maximum absolute atomic E-state index is 12.1. The smallest absolute Gasteiger partial charge is 0.269 e. The predicted molar refractivity (Wildman–Crippen MR) is 135 cm³/mol. The van der Waals surface area contributed by atoms with Crippen molar-refractivity contribution < 1.29 is 14.5 Å². The number of fused-ring (bicyclic) bond motifs is 1. The number of carbonyl (C=O) groups excluding carboxylic acids is 1. The van der Waals surface area contributed by atoms with E-state index >= 15 is 0 Å². The van der Waals surface area contributed by atoms with E-state index in [1.165, 1.54) is 28.5 Å². The first kappa shape index (κ1) is 23.7. The molecule has 1 aromatic heterocycles. The van der Waals surface area contributed by atoms with E-state index in [0.29, 0.717) is 6.54 Å². The zero-order valence-electron chi connectivity index (χ0n) is 19.2. The highest BCUT2D eigenvalue weighted by Gasteiger charge is 2.21. The van der Waals surface area contributed by atoms with Crippen LogP contribution in [0, 0.1) is 17.0 Å². The second kappa shape index (κ2) is 10.6. The van der Waals surface area contributed by atoms with Crippen molar-refractivity contribution in [3.05, 3.63) is 63.7 Å². The number of nitro groups is 1. The molecule has 2 heterocycles. The summed E-state index contributed by atoms with van der Waals surface area (Å²) in [4.78, 5) is 31.8. The first-order valence-electron chi connectivity index (χ1n) is 11.1. The minimum Gasteiger partial charge on any atom is -0.494 e. The molecule has 0 aliphatic carbocycles. The van der Waals surface area contributed by atoms with E-state index in [2.05, 4.69) is 28.1 Å². The average Bonchev–Trinajstić information content (AvgIpc) is 3.30. The maximum Gasteiger partial charge on any atom is 0.269 e. The van der Waals surface area contributed by atoms with Gasteiger partial charge in [-0.1, -0.05) is 17.4 Å². The fourth-order valence-electron chi connectivity index (χ4n) is 3.84. The zero-order valence-corrected chi connectivity index (χ0v) is 20.0. The van der Waals surface area contributed by atoms with E-state index in [9.17, 15) is 14.9 Å². The highest BCUT2D eigenvalue weighted by molar-refractivity contribution is 7.22. The van der Waals surface area contributed by atoms with Crippen molar-refractivity contribution in [2.75, 3.05) is 51.3 Å². The van der Waals surface area contributed by atoms with Crippen LogP contribution in [0.15, 0.2) is 42.5 Å². The molecule has 0 saturated carbocycles. The lowest BCUT2D eigenvalue weighted by Crippen LogP contribution is -2.48. The summed E-state index contributed by atoms with van der Waals surface area (Å²) in [6.45, 7) is 7.00. The van der Waals surface area contributed by atoms with Crippen LogP contribution in [0.25, 0.3) is 16.3 Å². The van der Waals surface area contributed by atoms with Crippen molar-refractivity contribution in [2.45, 2.75) is 6.92 Å². The standard InChI is InChI=1S/C24H27N5O4S/c1-17-3-9-20(33-2)22-23(17)34-24(26-22)28-15-13-27(14-16-28)12-11-25-21(30)10-6-18-4-7-19(8-5-18)29(31)32/h3-10H,11-16H2,1-2H3,(H,25,30)/b10-6-. The summed E-state index contributed by atoms with van der Waals surface area (Å²) in [7, 11) is 1.67. The number of rotatable bonds is 8. The van der Waals surface area contributed by atoms with Gasteiger partial charge in [0, 0.05) is 57.5 Å². The number of benzene rings is 2. The summed E-state index contributed by atoms with van der Waals surface area (Å²) in [5, 5.41) is 14.6. The van der Waals surface area contributed by atoms with Crippen molar-refractivity contribution in [3.63, 3.8) is 0 Å². The zero-order chi connectivity index (χ0) is 24.1. The monoisotopic (exact) mass is 481 g/mol. The van der Waals surface area contributed by atoms with E-state index < -0.39 is 4.92 Å². The molecule has 178 valence electrons. The van der Waals surface area contributed by atoms with E-state index in [0.717, 1.165) is 54.7 Å². The molecule has 1 fully saturated rings. The van der Waals surface area contributed by atoms with Gasteiger partial charge in [0.2, 0.25) is 5.91 Å². The van der Waals surface area contributed by atoms with Gasteiger partial charge in [-0.2, -0.15) is 0 Å². The lowest BCUT2D eigenvalue weighted by Gasteiger charge is -2.34. The number of ether oxygens (including phenoxy) is 1. The van der Waals surface area contributed by atoms with E-state index in [1.54, 1.807) is 36.7 Å². The Morgan fingerprint density at radius 1 is 1.21 bits per heavy atom. The number of methoxy groups -OCH3 is 1. The van der Waals surface area contributed by atoms with Gasteiger partial charge in [0.25, 0.3) is 5.69 Å². The van der Waals surface area contributed by atoms with Crippen LogP contribution in [0.2, 0.25) is 0 Å². The van der Waals surface area contributed by atoms with Crippen molar-refractivity contribution in [3.8, 4) is 5.75 Å². The summed E-state index contributed by atoms with van der Waals surface area (Å²) < 4.78 is 6.64.